The average Bonchev–Trinajstić information content (AvgIpc) is 2.48. The lowest BCUT2D eigenvalue weighted by atomic mass is 10.1. The first-order valence-electron chi connectivity index (χ1n) is 3.79. The number of hydrogen-bond donors (Lipinski definition) is 1. The first-order valence-corrected chi connectivity index (χ1v) is 3.79. The number of benzene rings is 1. The molecule has 3 nitrogen and oxygen atoms in total. The van der Waals surface area contributed by atoms with E-state index in [0.29, 0.717) is 0 Å². The number of nitrogen functional groups attached to an aromatic ring is 1. The fourth-order valence-electron chi connectivity index (χ4n) is 1.34. The van der Waals surface area contributed by atoms with Gasteiger partial charge >= 0.3 is 0 Å². The van der Waals surface area contributed by atoms with Crippen molar-refractivity contribution in [2.75, 3.05) is 5.73 Å². The van der Waals surface area contributed by atoms with Crippen LogP contribution >= 0.6 is 0 Å². The Bertz CT molecular complexity index is 431. The molecule has 1 aromatic heterocycles. The van der Waals surface area contributed by atoms with Gasteiger partial charge in [0.1, 0.15) is 5.52 Å². The number of anilines is 1. The number of aryl methyl sites for hydroxylation is 2. The molecule has 0 saturated carbocycles. The Morgan fingerprint density at radius 2 is 2.17 bits per heavy atom. The molecule has 12 heavy (non-hydrogen) atoms. The van der Waals surface area contributed by atoms with E-state index in [2.05, 4.69) is 4.98 Å². The van der Waals surface area contributed by atoms with Gasteiger partial charge < -0.3 is 10.2 Å². The van der Waals surface area contributed by atoms with Crippen LogP contribution in [0.3, 0.4) is 0 Å². The highest BCUT2D eigenvalue weighted by Crippen LogP contribution is 2.25. The predicted molar refractivity (Wildman–Crippen MR) is 47.9 cm³/mol. The highest BCUT2D eigenvalue weighted by molar-refractivity contribution is 5.84. The smallest absolute Gasteiger partial charge is 0.182 e. The number of oxazole rings is 1. The van der Waals surface area contributed by atoms with Gasteiger partial charge in [-0.05, 0) is 25.5 Å². The monoisotopic (exact) mass is 162 g/mol. The molecule has 0 aliphatic rings. The molecule has 2 aromatic rings. The van der Waals surface area contributed by atoms with E-state index in [0.717, 1.165) is 27.9 Å². The maximum absolute atomic E-state index is 5.76. The fourth-order valence-corrected chi connectivity index (χ4v) is 1.34. The van der Waals surface area contributed by atoms with Crippen LogP contribution in [-0.4, -0.2) is 4.98 Å². The molecule has 0 spiro atoms. The molecule has 0 fully saturated rings. The van der Waals surface area contributed by atoms with Crippen molar-refractivity contribution in [3.05, 3.63) is 23.6 Å². The van der Waals surface area contributed by atoms with Crippen LogP contribution in [0.15, 0.2) is 16.9 Å². The van der Waals surface area contributed by atoms with Crippen molar-refractivity contribution < 1.29 is 4.42 Å². The van der Waals surface area contributed by atoms with Gasteiger partial charge in [0.15, 0.2) is 12.0 Å². The van der Waals surface area contributed by atoms with Gasteiger partial charge in [0.05, 0.1) is 0 Å². The van der Waals surface area contributed by atoms with E-state index in [9.17, 15) is 0 Å². The normalized spacial score (nSPS) is 10.8. The molecule has 2 rings (SSSR count). The Labute approximate surface area is 70.2 Å². The van der Waals surface area contributed by atoms with Crippen molar-refractivity contribution in [3.8, 4) is 0 Å². The van der Waals surface area contributed by atoms with Gasteiger partial charge in [-0.15, -0.1) is 0 Å². The van der Waals surface area contributed by atoms with Gasteiger partial charge in [-0.2, -0.15) is 0 Å². The molecule has 0 amide bonds. The summed E-state index contributed by atoms with van der Waals surface area (Å²) in [7, 11) is 0. The summed E-state index contributed by atoms with van der Waals surface area (Å²) in [6, 6.07) is 1.91. The lowest BCUT2D eigenvalue weighted by Gasteiger charge is -2.01. The number of fused-ring (bicyclic) bond motifs is 1. The van der Waals surface area contributed by atoms with Crippen LogP contribution in [0.2, 0.25) is 0 Å². The van der Waals surface area contributed by atoms with Crippen LogP contribution in [0.25, 0.3) is 11.1 Å². The summed E-state index contributed by atoms with van der Waals surface area (Å²) in [6.45, 7) is 3.91. The first kappa shape index (κ1) is 7.16. The Morgan fingerprint density at radius 3 is 2.92 bits per heavy atom. The van der Waals surface area contributed by atoms with E-state index in [4.69, 9.17) is 10.2 Å². The van der Waals surface area contributed by atoms with Crippen molar-refractivity contribution in [2.45, 2.75) is 13.8 Å². The maximum Gasteiger partial charge on any atom is 0.182 e. The molecule has 0 saturated heterocycles. The third kappa shape index (κ3) is 0.794. The summed E-state index contributed by atoms with van der Waals surface area (Å²) in [5.74, 6) is 0. The second-order valence-corrected chi connectivity index (χ2v) is 2.94. The molecular weight excluding hydrogens is 152 g/mol. The zero-order valence-electron chi connectivity index (χ0n) is 7.09. The van der Waals surface area contributed by atoms with Gasteiger partial charge in [-0.25, -0.2) is 4.98 Å². The molecule has 0 aliphatic carbocycles. The van der Waals surface area contributed by atoms with E-state index in [-0.39, 0.29) is 0 Å². The Hall–Kier alpha value is -1.51. The third-order valence-corrected chi connectivity index (χ3v) is 2.09. The number of nitrogens with two attached hydrogens (primary N) is 1. The molecule has 3 heteroatoms. The SMILES string of the molecule is Cc1c(N)cc(C)c2ocnc12. The van der Waals surface area contributed by atoms with Crippen LogP contribution in [0.1, 0.15) is 11.1 Å². The highest BCUT2D eigenvalue weighted by atomic mass is 16.3. The molecule has 1 aromatic carbocycles. The topological polar surface area (TPSA) is 52.0 Å². The Kier molecular flexibility index (Phi) is 1.33. The molecule has 62 valence electrons. The number of hydrogen-bond acceptors (Lipinski definition) is 3. The number of aromatic nitrogens is 1. The summed E-state index contributed by atoms with van der Waals surface area (Å²) in [5.41, 5.74) is 10.3. The van der Waals surface area contributed by atoms with E-state index >= 15 is 0 Å². The summed E-state index contributed by atoms with van der Waals surface area (Å²) in [6.07, 6.45) is 1.45. The van der Waals surface area contributed by atoms with Crippen molar-refractivity contribution in [1.82, 2.24) is 4.98 Å². The summed E-state index contributed by atoms with van der Waals surface area (Å²) in [5, 5.41) is 0. The molecular formula is C9H10N2O. The maximum atomic E-state index is 5.76. The van der Waals surface area contributed by atoms with Crippen LogP contribution in [0, 0.1) is 13.8 Å². The van der Waals surface area contributed by atoms with Gasteiger partial charge in [0.25, 0.3) is 0 Å². The second-order valence-electron chi connectivity index (χ2n) is 2.94. The van der Waals surface area contributed by atoms with Crippen LogP contribution in [-0.2, 0) is 0 Å². The van der Waals surface area contributed by atoms with E-state index < -0.39 is 0 Å². The van der Waals surface area contributed by atoms with Crippen LogP contribution in [0.4, 0.5) is 5.69 Å². The van der Waals surface area contributed by atoms with Crippen molar-refractivity contribution in [2.24, 2.45) is 0 Å². The van der Waals surface area contributed by atoms with E-state index in [1.165, 1.54) is 6.39 Å². The minimum atomic E-state index is 0.772. The second kappa shape index (κ2) is 2.24. The minimum Gasteiger partial charge on any atom is -0.443 e. The lowest BCUT2D eigenvalue weighted by molar-refractivity contribution is 0.600. The van der Waals surface area contributed by atoms with Crippen molar-refractivity contribution in [3.63, 3.8) is 0 Å². The standard InChI is InChI=1S/C9H10N2O/c1-5-3-7(10)6(2)8-9(5)12-4-11-8/h3-4H,10H2,1-2H3. The van der Waals surface area contributed by atoms with Gasteiger partial charge in [-0.3, -0.25) is 0 Å². The zero-order valence-corrected chi connectivity index (χ0v) is 7.09. The zero-order chi connectivity index (χ0) is 8.72. The quantitative estimate of drug-likeness (QED) is 0.603. The Morgan fingerprint density at radius 1 is 1.42 bits per heavy atom. The van der Waals surface area contributed by atoms with E-state index in [1.807, 2.05) is 19.9 Å². The molecule has 1 heterocycles. The fraction of sp³-hybridized carbons (Fsp3) is 0.222. The van der Waals surface area contributed by atoms with E-state index in [1.54, 1.807) is 0 Å². The molecule has 2 N–H and O–H groups in total. The first-order chi connectivity index (χ1) is 5.70. The van der Waals surface area contributed by atoms with Gasteiger partial charge in [0, 0.05) is 11.3 Å². The molecule has 0 radical (unpaired) electrons. The third-order valence-electron chi connectivity index (χ3n) is 2.09. The molecule has 0 unspecified atom stereocenters. The molecule has 0 bridgehead atoms. The summed E-state index contributed by atoms with van der Waals surface area (Å²) < 4.78 is 5.22. The number of nitrogens with zero attached hydrogens (tertiary/aromatic N) is 1. The van der Waals surface area contributed by atoms with Crippen LogP contribution < -0.4 is 5.73 Å². The van der Waals surface area contributed by atoms with Gasteiger partial charge in [0.2, 0.25) is 0 Å². The van der Waals surface area contributed by atoms with Gasteiger partial charge in [-0.1, -0.05) is 0 Å². The lowest BCUT2D eigenvalue weighted by Crippen LogP contribution is -1.91. The van der Waals surface area contributed by atoms with Crippen LogP contribution in [0.5, 0.6) is 0 Å². The summed E-state index contributed by atoms with van der Waals surface area (Å²) in [4.78, 5) is 4.09. The number of rotatable bonds is 0. The summed E-state index contributed by atoms with van der Waals surface area (Å²) >= 11 is 0. The molecule has 0 aliphatic heterocycles. The largest absolute Gasteiger partial charge is 0.443 e. The predicted octanol–water partition coefficient (Wildman–Crippen LogP) is 2.03. The minimum absolute atomic E-state index is 0.772. The highest BCUT2D eigenvalue weighted by Gasteiger charge is 2.07. The Balaban J connectivity index is 2.97. The average molecular weight is 162 g/mol. The molecule has 0 atom stereocenters. The van der Waals surface area contributed by atoms with Crippen molar-refractivity contribution >= 4 is 16.8 Å². The van der Waals surface area contributed by atoms with Crippen molar-refractivity contribution in [1.29, 1.82) is 0 Å².